The fourth-order valence-electron chi connectivity index (χ4n) is 6.23. The first-order valence-corrected chi connectivity index (χ1v) is 12.3. The number of likely N-dealkylation sites (N-methyl/N-ethyl adjacent to an activating group) is 1. The van der Waals surface area contributed by atoms with E-state index >= 15 is 0 Å². The van der Waals surface area contributed by atoms with Crippen LogP contribution in [0.1, 0.15) is 37.5 Å². The van der Waals surface area contributed by atoms with Crippen molar-refractivity contribution in [3.8, 4) is 0 Å². The van der Waals surface area contributed by atoms with Crippen LogP contribution in [0, 0.1) is 0 Å². The van der Waals surface area contributed by atoms with Gasteiger partial charge >= 0.3 is 5.82 Å². The lowest BCUT2D eigenvalue weighted by Crippen LogP contribution is -2.33. The summed E-state index contributed by atoms with van der Waals surface area (Å²) in [5.74, 6) is 2.08. The average molecular weight is 460 g/mol. The third kappa shape index (κ3) is 3.09. The van der Waals surface area contributed by atoms with Crippen molar-refractivity contribution in [2.24, 2.45) is 0 Å². The normalized spacial score (nSPS) is 21.6. The minimum atomic E-state index is -0.245. The van der Waals surface area contributed by atoms with Crippen LogP contribution in [0.3, 0.4) is 0 Å². The van der Waals surface area contributed by atoms with Gasteiger partial charge in [0.1, 0.15) is 17.7 Å². The summed E-state index contributed by atoms with van der Waals surface area (Å²) >= 11 is 0. The van der Waals surface area contributed by atoms with Crippen molar-refractivity contribution >= 4 is 28.1 Å². The van der Waals surface area contributed by atoms with Crippen LogP contribution >= 0.6 is 0 Å². The lowest BCUT2D eigenvalue weighted by Gasteiger charge is -2.30. The molecule has 0 aliphatic carbocycles. The van der Waals surface area contributed by atoms with E-state index in [9.17, 15) is 0 Å². The van der Waals surface area contributed by atoms with Crippen LogP contribution in [-0.4, -0.2) is 34.4 Å². The van der Waals surface area contributed by atoms with Gasteiger partial charge in [-0.15, -0.1) is 0 Å². The van der Waals surface area contributed by atoms with E-state index in [1.807, 2.05) is 18.5 Å². The zero-order valence-corrected chi connectivity index (χ0v) is 21.1. The fraction of sp³-hybridized carbons (Fsp3) is 0.258. The third-order valence-corrected chi connectivity index (χ3v) is 8.03. The second-order valence-corrected chi connectivity index (χ2v) is 10.6. The summed E-state index contributed by atoms with van der Waals surface area (Å²) in [6.07, 6.45) is 7.19. The number of pyridine rings is 2. The van der Waals surface area contributed by atoms with Crippen LogP contribution in [0.25, 0.3) is 10.8 Å². The Morgan fingerprint density at radius 3 is 2.43 bits per heavy atom. The third-order valence-electron chi connectivity index (χ3n) is 8.03. The highest BCUT2D eigenvalue weighted by molar-refractivity contribution is 6.04. The highest BCUT2D eigenvalue weighted by Crippen LogP contribution is 2.51. The smallest absolute Gasteiger partial charge is 0.327 e. The molecule has 4 heteroatoms. The van der Waals surface area contributed by atoms with Gasteiger partial charge in [-0.2, -0.15) is 0 Å². The van der Waals surface area contributed by atoms with E-state index in [0.29, 0.717) is 0 Å². The first kappa shape index (κ1) is 21.7. The molecule has 0 N–H and O–H groups in total. The molecule has 6 rings (SSSR count). The van der Waals surface area contributed by atoms with E-state index in [2.05, 4.69) is 111 Å². The molecule has 35 heavy (non-hydrogen) atoms. The molecule has 0 saturated heterocycles. The van der Waals surface area contributed by atoms with Gasteiger partial charge in [0.15, 0.2) is 0 Å². The van der Waals surface area contributed by atoms with Gasteiger partial charge < -0.3 is 4.90 Å². The number of hydrogen-bond acceptors (Lipinski definition) is 3. The molecule has 174 valence electrons. The van der Waals surface area contributed by atoms with Crippen LogP contribution in [0.5, 0.6) is 0 Å². The van der Waals surface area contributed by atoms with Gasteiger partial charge in [0.05, 0.1) is 18.0 Å². The summed E-state index contributed by atoms with van der Waals surface area (Å²) in [6, 6.07) is 23.7. The maximum absolute atomic E-state index is 4.98. The quantitative estimate of drug-likeness (QED) is 0.343. The molecule has 1 atom stereocenters. The molecule has 4 heterocycles. The van der Waals surface area contributed by atoms with Gasteiger partial charge in [0, 0.05) is 41.4 Å². The maximum Gasteiger partial charge on any atom is 0.327 e. The molecule has 2 aromatic heterocycles. The maximum atomic E-state index is 4.98. The molecular weight excluding hydrogens is 428 g/mol. The van der Waals surface area contributed by atoms with Crippen LogP contribution < -0.4 is 4.90 Å². The molecule has 2 aromatic carbocycles. The molecule has 0 bridgehead atoms. The van der Waals surface area contributed by atoms with E-state index in [1.54, 1.807) is 0 Å². The molecule has 4 nitrogen and oxygen atoms in total. The summed E-state index contributed by atoms with van der Waals surface area (Å²) in [6.45, 7) is 6.98. The number of benzene rings is 2. The van der Waals surface area contributed by atoms with Gasteiger partial charge in [-0.25, -0.2) is 9.56 Å². The Kier molecular flexibility index (Phi) is 4.72. The molecule has 0 fully saturated rings. The molecule has 2 aliphatic heterocycles. The van der Waals surface area contributed by atoms with Gasteiger partial charge in [0.2, 0.25) is 0 Å². The van der Waals surface area contributed by atoms with Crippen molar-refractivity contribution in [2.75, 3.05) is 19.0 Å². The Labute approximate surface area is 207 Å². The first-order valence-electron chi connectivity index (χ1n) is 12.3. The van der Waals surface area contributed by atoms with Crippen molar-refractivity contribution in [3.63, 3.8) is 0 Å². The summed E-state index contributed by atoms with van der Waals surface area (Å²) < 4.78 is 2.26. The molecule has 0 saturated carbocycles. The molecule has 2 aliphatic rings. The second kappa shape index (κ2) is 7.61. The SMILES string of the molecule is CN1C(=CC2=[N+](C)c3ncccc3C2(C)C)C(C)(Cc2ccccc2)c2c1ncc1ccccc21. The van der Waals surface area contributed by atoms with E-state index in [-0.39, 0.29) is 10.8 Å². The predicted octanol–water partition coefficient (Wildman–Crippen LogP) is 6.17. The monoisotopic (exact) mass is 459 g/mol. The minimum absolute atomic E-state index is 0.149. The average Bonchev–Trinajstić information content (AvgIpc) is 3.20. The van der Waals surface area contributed by atoms with Crippen LogP contribution in [0.15, 0.2) is 90.9 Å². The number of nitrogens with zero attached hydrogens (tertiary/aromatic N) is 4. The number of aromatic nitrogens is 2. The largest absolute Gasteiger partial charge is 0.332 e. The van der Waals surface area contributed by atoms with Gasteiger partial charge in [0.25, 0.3) is 0 Å². The Hall–Kier alpha value is -3.79. The Balaban J connectivity index is 1.61. The molecule has 4 aromatic rings. The molecule has 0 spiro atoms. The van der Waals surface area contributed by atoms with E-state index in [0.717, 1.165) is 18.1 Å². The Morgan fingerprint density at radius 2 is 1.66 bits per heavy atom. The topological polar surface area (TPSA) is 32.0 Å². The van der Waals surface area contributed by atoms with Crippen LogP contribution in [0.2, 0.25) is 0 Å². The summed E-state index contributed by atoms with van der Waals surface area (Å²) in [5, 5.41) is 2.46. The van der Waals surface area contributed by atoms with E-state index < -0.39 is 0 Å². The summed E-state index contributed by atoms with van der Waals surface area (Å²) in [4.78, 5) is 12.0. The van der Waals surface area contributed by atoms with Crippen LogP contribution in [0.4, 0.5) is 11.6 Å². The lowest BCUT2D eigenvalue weighted by molar-refractivity contribution is -0.406. The van der Waals surface area contributed by atoms with E-state index in [4.69, 9.17) is 9.97 Å². The van der Waals surface area contributed by atoms with Gasteiger partial charge in [-0.1, -0.05) is 54.6 Å². The van der Waals surface area contributed by atoms with Crippen molar-refractivity contribution in [2.45, 2.75) is 38.0 Å². The standard InChI is InChI=1S/C31H31N4/c1-30(2)24-16-11-17-32-28(24)34(4)25(30)18-26-31(3,19-21-12-7-6-8-13-21)27-23-15-10-9-14-22(23)20-33-29(27)35(26)5/h6-18,20H,19H2,1-5H3/q+1. The van der Waals surface area contributed by atoms with E-state index in [1.165, 1.54) is 38.9 Å². The van der Waals surface area contributed by atoms with Crippen molar-refractivity contribution in [3.05, 3.63) is 108 Å². The number of hydrogen-bond donors (Lipinski definition) is 0. The number of allylic oxidation sites excluding steroid dienone is 2. The zero-order chi connectivity index (χ0) is 24.4. The predicted molar refractivity (Wildman–Crippen MR) is 144 cm³/mol. The molecule has 0 radical (unpaired) electrons. The molecule has 1 unspecified atom stereocenters. The van der Waals surface area contributed by atoms with Gasteiger partial charge in [-0.05, 0) is 55.3 Å². The van der Waals surface area contributed by atoms with Crippen molar-refractivity contribution in [1.82, 2.24) is 9.97 Å². The first-order chi connectivity index (χ1) is 16.8. The minimum Gasteiger partial charge on any atom is -0.332 e. The highest BCUT2D eigenvalue weighted by Gasteiger charge is 2.48. The van der Waals surface area contributed by atoms with Crippen molar-refractivity contribution < 1.29 is 4.58 Å². The summed E-state index contributed by atoms with van der Waals surface area (Å²) in [7, 11) is 4.30. The summed E-state index contributed by atoms with van der Waals surface area (Å²) in [5.41, 5.74) is 6.02. The number of rotatable bonds is 3. The van der Waals surface area contributed by atoms with Crippen LogP contribution in [-0.2, 0) is 17.3 Å². The number of fused-ring (bicyclic) bond motifs is 4. The Morgan fingerprint density at radius 1 is 0.914 bits per heavy atom. The molecule has 0 amide bonds. The number of anilines is 1. The molecular formula is C31H31N4+. The lowest BCUT2D eigenvalue weighted by atomic mass is 9.74. The second-order valence-electron chi connectivity index (χ2n) is 10.6. The highest BCUT2D eigenvalue weighted by atomic mass is 15.2. The zero-order valence-electron chi connectivity index (χ0n) is 21.1. The van der Waals surface area contributed by atoms with Gasteiger partial charge in [-0.3, -0.25) is 0 Å². The fourth-order valence-corrected chi connectivity index (χ4v) is 6.23. The van der Waals surface area contributed by atoms with Crippen molar-refractivity contribution in [1.29, 1.82) is 0 Å². The Bertz CT molecular complexity index is 1530.